The van der Waals surface area contributed by atoms with Crippen LogP contribution >= 0.6 is 0 Å². The Hall–Kier alpha value is -3.88. The Kier molecular flexibility index (Phi) is 5.45. The fraction of sp³-hybridized carbons (Fsp3) is 0.333. The lowest BCUT2D eigenvalue weighted by Crippen LogP contribution is -2.52. The van der Waals surface area contributed by atoms with Crippen molar-refractivity contribution in [2.24, 2.45) is 0 Å². The number of hydrogen-bond donors (Lipinski definition) is 2. The van der Waals surface area contributed by atoms with Crippen molar-refractivity contribution < 1.29 is 28.7 Å². The van der Waals surface area contributed by atoms with Crippen molar-refractivity contribution in [2.75, 3.05) is 11.9 Å². The third-order valence-electron chi connectivity index (χ3n) is 6.12. The van der Waals surface area contributed by atoms with Crippen molar-refractivity contribution in [3.05, 3.63) is 58.7 Å². The van der Waals surface area contributed by atoms with Crippen LogP contribution in [0.3, 0.4) is 0 Å². The molecule has 0 aromatic heterocycles. The number of piperidine rings is 1. The first-order valence-corrected chi connectivity index (χ1v) is 10.9. The molecule has 2 aromatic rings. The van der Waals surface area contributed by atoms with Crippen molar-refractivity contribution >= 4 is 29.5 Å². The van der Waals surface area contributed by atoms with E-state index in [0.717, 1.165) is 29.7 Å². The summed E-state index contributed by atoms with van der Waals surface area (Å²) in [6.45, 7) is 1.01. The summed E-state index contributed by atoms with van der Waals surface area (Å²) >= 11 is 0. The van der Waals surface area contributed by atoms with Gasteiger partial charge in [0.25, 0.3) is 5.91 Å². The minimum absolute atomic E-state index is 0.00113. The van der Waals surface area contributed by atoms with Gasteiger partial charge in [-0.25, -0.2) is 4.79 Å². The third kappa shape index (κ3) is 4.26. The maximum Gasteiger partial charge on any atom is 0.411 e. The minimum Gasteiger partial charge on any atom is -0.493 e. The molecule has 5 rings (SSSR count). The number of carbonyl (C=O) groups is 4. The second kappa shape index (κ2) is 8.57. The summed E-state index contributed by atoms with van der Waals surface area (Å²) in [5, 5.41) is 5.01. The average Bonchev–Trinajstić information content (AvgIpc) is 3.13. The molecule has 9 heteroatoms. The molecule has 9 nitrogen and oxygen atoms in total. The molecule has 0 aliphatic carbocycles. The number of imide groups is 1. The predicted molar refractivity (Wildman–Crippen MR) is 117 cm³/mol. The SMILES string of the molecule is O=C1CCC(N2Cc3ccc(COC(=O)Nc4ccc5c(c4)CCCO5)cc3C2=O)C(=O)N1. The normalized spacial score (nSPS) is 19.3. The van der Waals surface area contributed by atoms with Gasteiger partial charge in [0.2, 0.25) is 11.8 Å². The van der Waals surface area contributed by atoms with E-state index in [4.69, 9.17) is 9.47 Å². The molecule has 1 atom stereocenters. The topological polar surface area (TPSA) is 114 Å². The first-order valence-electron chi connectivity index (χ1n) is 10.9. The second-order valence-electron chi connectivity index (χ2n) is 8.37. The first-order chi connectivity index (χ1) is 16.0. The van der Waals surface area contributed by atoms with Gasteiger partial charge in [-0.2, -0.15) is 0 Å². The number of carbonyl (C=O) groups excluding carboxylic acids is 4. The smallest absolute Gasteiger partial charge is 0.411 e. The molecule has 33 heavy (non-hydrogen) atoms. The van der Waals surface area contributed by atoms with Crippen LogP contribution in [0.25, 0.3) is 0 Å². The molecule has 3 heterocycles. The van der Waals surface area contributed by atoms with Crippen molar-refractivity contribution in [3.63, 3.8) is 0 Å². The van der Waals surface area contributed by atoms with E-state index in [9.17, 15) is 19.2 Å². The molecule has 1 saturated heterocycles. The molecular weight excluding hydrogens is 426 g/mol. The lowest BCUT2D eigenvalue weighted by atomic mass is 10.0. The molecule has 0 saturated carbocycles. The van der Waals surface area contributed by atoms with Gasteiger partial charge >= 0.3 is 6.09 Å². The number of aryl methyl sites for hydroxylation is 1. The Bertz CT molecular complexity index is 1160. The largest absolute Gasteiger partial charge is 0.493 e. The Labute approximate surface area is 190 Å². The van der Waals surface area contributed by atoms with Gasteiger partial charge in [-0.15, -0.1) is 0 Å². The number of benzene rings is 2. The summed E-state index contributed by atoms with van der Waals surface area (Å²) in [6.07, 6.45) is 1.78. The number of ether oxygens (including phenoxy) is 2. The van der Waals surface area contributed by atoms with Gasteiger partial charge in [0.05, 0.1) is 6.61 Å². The summed E-state index contributed by atoms with van der Waals surface area (Å²) in [4.78, 5) is 50.2. The molecule has 170 valence electrons. The zero-order chi connectivity index (χ0) is 22.9. The molecule has 3 aliphatic heterocycles. The molecule has 4 amide bonds. The van der Waals surface area contributed by atoms with Crippen LogP contribution in [-0.4, -0.2) is 41.4 Å². The zero-order valence-corrected chi connectivity index (χ0v) is 17.9. The molecule has 1 fully saturated rings. The number of nitrogens with zero attached hydrogens (tertiary/aromatic N) is 1. The quantitative estimate of drug-likeness (QED) is 0.694. The summed E-state index contributed by atoms with van der Waals surface area (Å²) in [5.74, 6) is -0.181. The molecule has 2 aromatic carbocycles. The Balaban J connectivity index is 1.20. The molecule has 0 radical (unpaired) electrons. The highest BCUT2D eigenvalue weighted by molar-refractivity contribution is 6.05. The Morgan fingerprint density at radius 3 is 2.85 bits per heavy atom. The zero-order valence-electron chi connectivity index (χ0n) is 17.9. The average molecular weight is 449 g/mol. The van der Waals surface area contributed by atoms with Crippen LogP contribution in [0.5, 0.6) is 5.75 Å². The summed E-state index contributed by atoms with van der Waals surface area (Å²) in [6, 6.07) is 10.1. The van der Waals surface area contributed by atoms with Crippen molar-refractivity contribution in [2.45, 2.75) is 44.9 Å². The second-order valence-corrected chi connectivity index (χ2v) is 8.37. The highest BCUT2D eigenvalue weighted by atomic mass is 16.5. The lowest BCUT2D eigenvalue weighted by Gasteiger charge is -2.29. The molecule has 1 unspecified atom stereocenters. The lowest BCUT2D eigenvalue weighted by molar-refractivity contribution is -0.136. The fourth-order valence-electron chi connectivity index (χ4n) is 4.43. The summed E-state index contributed by atoms with van der Waals surface area (Å²) in [5.41, 5.74) is 3.64. The van der Waals surface area contributed by atoms with Gasteiger partial charge in [-0.3, -0.25) is 25.0 Å². The number of fused-ring (bicyclic) bond motifs is 2. The van der Waals surface area contributed by atoms with Crippen LogP contribution in [0.2, 0.25) is 0 Å². The Morgan fingerprint density at radius 2 is 2.00 bits per heavy atom. The molecule has 0 bridgehead atoms. The molecule has 0 spiro atoms. The van der Waals surface area contributed by atoms with E-state index in [1.54, 1.807) is 24.3 Å². The molecule has 3 aliphatic rings. The maximum atomic E-state index is 12.9. The number of rotatable bonds is 4. The molecular formula is C24H23N3O6. The number of amides is 4. The van der Waals surface area contributed by atoms with Crippen LogP contribution < -0.4 is 15.4 Å². The summed E-state index contributed by atoms with van der Waals surface area (Å²) < 4.78 is 10.9. The highest BCUT2D eigenvalue weighted by Gasteiger charge is 2.39. The van der Waals surface area contributed by atoms with Crippen LogP contribution in [0.4, 0.5) is 10.5 Å². The van der Waals surface area contributed by atoms with Gasteiger partial charge in [0, 0.05) is 24.2 Å². The van der Waals surface area contributed by atoms with Crippen molar-refractivity contribution in [1.29, 1.82) is 0 Å². The summed E-state index contributed by atoms with van der Waals surface area (Å²) in [7, 11) is 0. The maximum absolute atomic E-state index is 12.9. The van der Waals surface area contributed by atoms with E-state index in [1.165, 1.54) is 4.90 Å². The van der Waals surface area contributed by atoms with E-state index in [1.807, 2.05) is 12.1 Å². The van der Waals surface area contributed by atoms with Gasteiger partial charge in [0.15, 0.2) is 0 Å². The predicted octanol–water partition coefficient (Wildman–Crippen LogP) is 2.52. The van der Waals surface area contributed by atoms with Gasteiger partial charge in [-0.1, -0.05) is 12.1 Å². The number of anilines is 1. The van der Waals surface area contributed by atoms with E-state index in [0.29, 0.717) is 36.4 Å². The minimum atomic E-state index is -0.657. The number of hydrogen-bond acceptors (Lipinski definition) is 6. The van der Waals surface area contributed by atoms with Crippen LogP contribution in [-0.2, 0) is 33.9 Å². The van der Waals surface area contributed by atoms with E-state index < -0.39 is 18.0 Å². The van der Waals surface area contributed by atoms with Crippen molar-refractivity contribution in [1.82, 2.24) is 10.2 Å². The van der Waals surface area contributed by atoms with Gasteiger partial charge < -0.3 is 14.4 Å². The van der Waals surface area contributed by atoms with Crippen LogP contribution in [0.1, 0.15) is 46.3 Å². The molecule has 2 N–H and O–H groups in total. The Morgan fingerprint density at radius 1 is 1.12 bits per heavy atom. The highest BCUT2D eigenvalue weighted by Crippen LogP contribution is 2.29. The van der Waals surface area contributed by atoms with E-state index in [-0.39, 0.29) is 24.8 Å². The van der Waals surface area contributed by atoms with Crippen LogP contribution in [0.15, 0.2) is 36.4 Å². The van der Waals surface area contributed by atoms with Crippen LogP contribution in [0, 0.1) is 0 Å². The van der Waals surface area contributed by atoms with Gasteiger partial charge in [0.1, 0.15) is 18.4 Å². The first kappa shape index (κ1) is 21.0. The fourth-order valence-corrected chi connectivity index (χ4v) is 4.43. The number of nitrogens with one attached hydrogen (secondary N) is 2. The monoisotopic (exact) mass is 449 g/mol. The van der Waals surface area contributed by atoms with E-state index >= 15 is 0 Å². The van der Waals surface area contributed by atoms with E-state index in [2.05, 4.69) is 10.6 Å². The van der Waals surface area contributed by atoms with Gasteiger partial charge in [-0.05, 0) is 60.2 Å². The van der Waals surface area contributed by atoms with Crippen molar-refractivity contribution in [3.8, 4) is 5.75 Å². The standard InChI is InChI=1S/C24H23N3O6/c28-21-8-6-19(22(29)26-21)27-12-16-4-3-14(10-18(16)23(27)30)13-33-24(31)25-17-5-7-20-15(11-17)2-1-9-32-20/h3-5,7,10-11,19H,1-2,6,8-9,12-13H2,(H,25,31)(H,26,28,29). The third-order valence-corrected chi connectivity index (χ3v) is 6.12.